The van der Waals surface area contributed by atoms with Gasteiger partial charge in [0.2, 0.25) is 11.8 Å². The minimum atomic E-state index is -1.15. The number of ether oxygens (including phenoxy) is 1. The molecule has 0 radical (unpaired) electrons. The van der Waals surface area contributed by atoms with Gasteiger partial charge in [0.25, 0.3) is 0 Å². The van der Waals surface area contributed by atoms with E-state index >= 15 is 0 Å². The predicted molar refractivity (Wildman–Crippen MR) is 85.3 cm³/mol. The molecule has 0 aliphatic rings. The van der Waals surface area contributed by atoms with Gasteiger partial charge in [0.15, 0.2) is 5.82 Å². The number of benzene rings is 1. The van der Waals surface area contributed by atoms with E-state index in [2.05, 4.69) is 15.5 Å². The summed E-state index contributed by atoms with van der Waals surface area (Å²) >= 11 is 0. The molecule has 1 amide bonds. The Morgan fingerprint density at radius 1 is 1.38 bits per heavy atom. The summed E-state index contributed by atoms with van der Waals surface area (Å²) in [6.45, 7) is 3.89. The van der Waals surface area contributed by atoms with Crippen molar-refractivity contribution in [3.05, 3.63) is 35.5 Å². The van der Waals surface area contributed by atoms with E-state index in [1.165, 1.54) is 19.2 Å². The first-order valence-electron chi connectivity index (χ1n) is 7.44. The van der Waals surface area contributed by atoms with E-state index in [9.17, 15) is 14.7 Å². The lowest BCUT2D eigenvalue weighted by atomic mass is 10.1. The molecule has 0 atom stereocenters. The number of aromatic carboxylic acids is 1. The van der Waals surface area contributed by atoms with Gasteiger partial charge in [-0.05, 0) is 18.2 Å². The highest BCUT2D eigenvalue weighted by molar-refractivity contribution is 6.00. The molecule has 0 fully saturated rings. The van der Waals surface area contributed by atoms with Crippen LogP contribution < -0.4 is 10.1 Å². The monoisotopic (exact) mass is 333 g/mol. The van der Waals surface area contributed by atoms with Gasteiger partial charge in [0.05, 0.1) is 18.4 Å². The predicted octanol–water partition coefficient (Wildman–Crippen LogP) is 2.47. The third kappa shape index (κ3) is 4.31. The van der Waals surface area contributed by atoms with Crippen LogP contribution in [0.4, 0.5) is 5.69 Å². The number of hydrogen-bond donors (Lipinski definition) is 2. The van der Waals surface area contributed by atoms with Crippen LogP contribution in [0.25, 0.3) is 0 Å². The fourth-order valence-electron chi connectivity index (χ4n) is 1.97. The molecule has 0 aliphatic carbocycles. The summed E-state index contributed by atoms with van der Waals surface area (Å²) in [5.74, 6) is 0.0247. The summed E-state index contributed by atoms with van der Waals surface area (Å²) in [7, 11) is 1.44. The molecule has 128 valence electrons. The van der Waals surface area contributed by atoms with Crippen LogP contribution in [0, 0.1) is 0 Å². The van der Waals surface area contributed by atoms with Crippen LogP contribution in [0.5, 0.6) is 5.75 Å². The lowest BCUT2D eigenvalue weighted by Crippen LogP contribution is -2.15. The second-order valence-corrected chi connectivity index (χ2v) is 5.47. The molecule has 1 aromatic carbocycles. The normalized spacial score (nSPS) is 10.7. The van der Waals surface area contributed by atoms with Crippen LogP contribution in [-0.4, -0.2) is 34.2 Å². The minimum Gasteiger partial charge on any atom is -0.497 e. The molecule has 0 bridgehead atoms. The lowest BCUT2D eigenvalue weighted by Gasteiger charge is -2.09. The van der Waals surface area contributed by atoms with E-state index in [0.29, 0.717) is 17.5 Å². The molecule has 8 nitrogen and oxygen atoms in total. The smallest absolute Gasteiger partial charge is 0.337 e. The number of hydrogen-bond acceptors (Lipinski definition) is 6. The fraction of sp³-hybridized carbons (Fsp3) is 0.375. The summed E-state index contributed by atoms with van der Waals surface area (Å²) in [6, 6.07) is 4.42. The van der Waals surface area contributed by atoms with Gasteiger partial charge in [-0.1, -0.05) is 19.0 Å². The Morgan fingerprint density at radius 2 is 2.12 bits per heavy atom. The van der Waals surface area contributed by atoms with Gasteiger partial charge in [-0.2, -0.15) is 4.98 Å². The second-order valence-electron chi connectivity index (χ2n) is 5.47. The molecule has 0 unspecified atom stereocenters. The maximum Gasteiger partial charge on any atom is 0.337 e. The highest BCUT2D eigenvalue weighted by Crippen LogP contribution is 2.22. The summed E-state index contributed by atoms with van der Waals surface area (Å²) in [4.78, 5) is 27.5. The fourth-order valence-corrected chi connectivity index (χ4v) is 1.97. The molecular formula is C16H19N3O5. The number of carboxylic acid groups (broad SMARTS) is 1. The molecule has 1 heterocycles. The molecule has 0 saturated carbocycles. The Balaban J connectivity index is 2.00. The first-order valence-corrected chi connectivity index (χ1v) is 7.44. The van der Waals surface area contributed by atoms with Crippen molar-refractivity contribution in [3.63, 3.8) is 0 Å². The van der Waals surface area contributed by atoms with E-state index in [4.69, 9.17) is 9.26 Å². The van der Waals surface area contributed by atoms with Crippen LogP contribution in [0.2, 0.25) is 0 Å². The Kier molecular flexibility index (Phi) is 5.51. The van der Waals surface area contributed by atoms with Crippen LogP contribution in [0.1, 0.15) is 48.3 Å². The number of anilines is 1. The van der Waals surface area contributed by atoms with Crippen LogP contribution >= 0.6 is 0 Å². The zero-order chi connectivity index (χ0) is 17.7. The summed E-state index contributed by atoms with van der Waals surface area (Å²) in [5, 5.41) is 15.6. The number of carbonyl (C=O) groups is 2. The van der Waals surface area contributed by atoms with Crippen molar-refractivity contribution in [2.24, 2.45) is 0 Å². The third-order valence-corrected chi connectivity index (χ3v) is 3.30. The molecule has 1 aromatic heterocycles. The Morgan fingerprint density at radius 3 is 2.71 bits per heavy atom. The standard InChI is InChI=1S/C16H19N3O5/c1-9(2)15-18-14(24-19-15)7-6-13(20)17-12-5-4-10(23-3)8-11(12)16(21)22/h4-5,8-9H,6-7H2,1-3H3,(H,17,20)(H,21,22). The Bertz CT molecular complexity index is 739. The van der Waals surface area contributed by atoms with Crippen molar-refractivity contribution in [2.75, 3.05) is 12.4 Å². The average Bonchev–Trinajstić information content (AvgIpc) is 3.02. The largest absolute Gasteiger partial charge is 0.497 e. The lowest BCUT2D eigenvalue weighted by molar-refractivity contribution is -0.116. The van der Waals surface area contributed by atoms with E-state index in [-0.39, 0.29) is 35.9 Å². The van der Waals surface area contributed by atoms with Crippen LogP contribution in [0.15, 0.2) is 22.7 Å². The number of carboxylic acids is 1. The van der Waals surface area contributed by atoms with Crippen molar-refractivity contribution in [1.82, 2.24) is 10.1 Å². The van der Waals surface area contributed by atoms with Crippen molar-refractivity contribution < 1.29 is 24.0 Å². The number of carbonyl (C=O) groups excluding carboxylic acids is 1. The average molecular weight is 333 g/mol. The van der Waals surface area contributed by atoms with E-state index in [1.807, 2.05) is 13.8 Å². The van der Waals surface area contributed by atoms with Gasteiger partial charge in [-0.15, -0.1) is 0 Å². The maximum absolute atomic E-state index is 12.0. The van der Waals surface area contributed by atoms with Gasteiger partial charge in [0, 0.05) is 18.8 Å². The van der Waals surface area contributed by atoms with Crippen LogP contribution in [-0.2, 0) is 11.2 Å². The molecule has 8 heteroatoms. The number of nitrogens with one attached hydrogen (secondary N) is 1. The van der Waals surface area contributed by atoms with Crippen molar-refractivity contribution in [1.29, 1.82) is 0 Å². The molecule has 2 N–H and O–H groups in total. The number of nitrogens with zero attached hydrogens (tertiary/aromatic N) is 2. The number of amides is 1. The molecule has 2 rings (SSSR count). The van der Waals surface area contributed by atoms with Gasteiger partial charge < -0.3 is 19.7 Å². The number of aromatic nitrogens is 2. The first kappa shape index (κ1) is 17.5. The summed E-state index contributed by atoms with van der Waals surface area (Å²) in [6.07, 6.45) is 0.384. The SMILES string of the molecule is COc1ccc(NC(=O)CCc2nc(C(C)C)no2)c(C(=O)O)c1. The molecular weight excluding hydrogens is 314 g/mol. The summed E-state index contributed by atoms with van der Waals surface area (Å²) < 4.78 is 10.1. The van der Waals surface area contributed by atoms with Gasteiger partial charge in [-0.25, -0.2) is 4.79 Å². The molecule has 24 heavy (non-hydrogen) atoms. The van der Waals surface area contributed by atoms with E-state index in [1.54, 1.807) is 6.07 Å². The van der Waals surface area contributed by atoms with Crippen molar-refractivity contribution in [2.45, 2.75) is 32.6 Å². The van der Waals surface area contributed by atoms with Crippen molar-refractivity contribution in [3.8, 4) is 5.75 Å². The molecule has 0 spiro atoms. The second kappa shape index (κ2) is 7.58. The zero-order valence-corrected chi connectivity index (χ0v) is 13.7. The quantitative estimate of drug-likeness (QED) is 0.799. The Hall–Kier alpha value is -2.90. The van der Waals surface area contributed by atoms with Gasteiger partial charge in [-0.3, -0.25) is 4.79 Å². The first-order chi connectivity index (χ1) is 11.4. The molecule has 0 saturated heterocycles. The Labute approximate surface area is 138 Å². The molecule has 0 aliphatic heterocycles. The van der Waals surface area contributed by atoms with Gasteiger partial charge >= 0.3 is 5.97 Å². The zero-order valence-electron chi connectivity index (χ0n) is 13.7. The maximum atomic E-state index is 12.0. The minimum absolute atomic E-state index is 0.0393. The molecule has 2 aromatic rings. The van der Waals surface area contributed by atoms with E-state index in [0.717, 1.165) is 0 Å². The van der Waals surface area contributed by atoms with E-state index < -0.39 is 5.97 Å². The third-order valence-electron chi connectivity index (χ3n) is 3.30. The topological polar surface area (TPSA) is 115 Å². The number of rotatable bonds is 7. The van der Waals surface area contributed by atoms with Gasteiger partial charge in [0.1, 0.15) is 5.75 Å². The van der Waals surface area contributed by atoms with Crippen LogP contribution in [0.3, 0.4) is 0 Å². The highest BCUT2D eigenvalue weighted by Gasteiger charge is 2.15. The summed E-state index contributed by atoms with van der Waals surface area (Å²) in [5.41, 5.74) is 0.171. The number of aryl methyl sites for hydroxylation is 1. The number of methoxy groups -OCH3 is 1. The van der Waals surface area contributed by atoms with Crippen molar-refractivity contribution >= 4 is 17.6 Å². The highest BCUT2D eigenvalue weighted by atomic mass is 16.5.